The molecule has 0 aliphatic rings. The highest BCUT2D eigenvalue weighted by Gasteiger charge is 2.27. The summed E-state index contributed by atoms with van der Waals surface area (Å²) in [6.07, 6.45) is 0.868. The van der Waals surface area contributed by atoms with Gasteiger partial charge < -0.3 is 9.94 Å². The van der Waals surface area contributed by atoms with E-state index in [0.29, 0.717) is 5.56 Å². The van der Waals surface area contributed by atoms with Crippen LogP contribution in [0.5, 0.6) is 0 Å². The van der Waals surface area contributed by atoms with Crippen molar-refractivity contribution >= 4 is 18.0 Å². The Kier molecular flexibility index (Phi) is 4.87. The molecule has 0 heterocycles. The molecular formula is C12H13NO4. The largest absolute Gasteiger partial charge is 0.465 e. The van der Waals surface area contributed by atoms with E-state index < -0.39 is 17.7 Å². The molecule has 1 aromatic carbocycles. The molecular weight excluding hydrogens is 222 g/mol. The van der Waals surface area contributed by atoms with Crippen LogP contribution in [0.3, 0.4) is 0 Å². The highest BCUT2D eigenvalue weighted by atomic mass is 16.5. The summed E-state index contributed by atoms with van der Waals surface area (Å²) in [7, 11) is 0. The van der Waals surface area contributed by atoms with Gasteiger partial charge in [0, 0.05) is 5.56 Å². The van der Waals surface area contributed by atoms with Crippen LogP contribution in [-0.4, -0.2) is 29.8 Å². The summed E-state index contributed by atoms with van der Waals surface area (Å²) in [5.41, 5.74) is 0.366. The lowest BCUT2D eigenvalue weighted by Gasteiger charge is -2.09. The fourth-order valence-corrected chi connectivity index (χ4v) is 1.32. The first-order chi connectivity index (χ1) is 8.20. The zero-order valence-electron chi connectivity index (χ0n) is 9.37. The van der Waals surface area contributed by atoms with Gasteiger partial charge in [0.15, 0.2) is 11.7 Å². The van der Waals surface area contributed by atoms with Crippen molar-refractivity contribution in [3.05, 3.63) is 35.9 Å². The van der Waals surface area contributed by atoms with Crippen molar-refractivity contribution in [2.45, 2.75) is 6.92 Å². The van der Waals surface area contributed by atoms with Gasteiger partial charge in [-0.2, -0.15) is 0 Å². The molecule has 0 aromatic heterocycles. The zero-order chi connectivity index (χ0) is 12.7. The van der Waals surface area contributed by atoms with Gasteiger partial charge >= 0.3 is 5.97 Å². The molecule has 17 heavy (non-hydrogen) atoms. The van der Waals surface area contributed by atoms with E-state index in [2.05, 4.69) is 5.16 Å². The SMILES string of the molecule is CCOC(=O)C(C=NO)C(=O)c1ccccc1. The third kappa shape index (κ3) is 3.41. The van der Waals surface area contributed by atoms with E-state index in [-0.39, 0.29) is 6.61 Å². The first kappa shape index (κ1) is 12.9. The second-order valence-corrected chi connectivity index (χ2v) is 3.22. The summed E-state index contributed by atoms with van der Waals surface area (Å²) in [4.78, 5) is 23.5. The molecule has 0 radical (unpaired) electrons. The van der Waals surface area contributed by atoms with Crippen LogP contribution in [0.25, 0.3) is 0 Å². The molecule has 0 bridgehead atoms. The maximum Gasteiger partial charge on any atom is 0.322 e. The van der Waals surface area contributed by atoms with Crippen LogP contribution < -0.4 is 0 Å². The number of carbonyl (C=O) groups excluding carboxylic acids is 2. The third-order valence-electron chi connectivity index (χ3n) is 2.10. The fraction of sp³-hybridized carbons (Fsp3) is 0.250. The summed E-state index contributed by atoms with van der Waals surface area (Å²) >= 11 is 0. The number of hydrogen-bond acceptors (Lipinski definition) is 5. The molecule has 1 rings (SSSR count). The van der Waals surface area contributed by atoms with Gasteiger partial charge in [0.1, 0.15) is 0 Å². The Morgan fingerprint density at radius 1 is 1.41 bits per heavy atom. The van der Waals surface area contributed by atoms with Gasteiger partial charge in [0.25, 0.3) is 0 Å². The maximum absolute atomic E-state index is 11.9. The van der Waals surface area contributed by atoms with Gasteiger partial charge in [-0.1, -0.05) is 30.3 Å². The van der Waals surface area contributed by atoms with Crippen LogP contribution in [0, 0.1) is 5.92 Å². The number of esters is 1. The van der Waals surface area contributed by atoms with E-state index in [1.54, 1.807) is 37.3 Å². The molecule has 1 N–H and O–H groups in total. The molecule has 0 aliphatic carbocycles. The van der Waals surface area contributed by atoms with Crippen molar-refractivity contribution in [3.63, 3.8) is 0 Å². The van der Waals surface area contributed by atoms with Crippen LogP contribution in [-0.2, 0) is 9.53 Å². The van der Waals surface area contributed by atoms with Gasteiger partial charge in [-0.3, -0.25) is 9.59 Å². The van der Waals surface area contributed by atoms with Crippen molar-refractivity contribution in [1.29, 1.82) is 0 Å². The van der Waals surface area contributed by atoms with Crippen molar-refractivity contribution in [3.8, 4) is 0 Å². The summed E-state index contributed by atoms with van der Waals surface area (Å²) in [6, 6.07) is 8.30. The minimum atomic E-state index is -1.21. The van der Waals surface area contributed by atoms with Crippen molar-refractivity contribution in [1.82, 2.24) is 0 Å². The second kappa shape index (κ2) is 6.42. The topological polar surface area (TPSA) is 76.0 Å². The van der Waals surface area contributed by atoms with E-state index in [1.807, 2.05) is 0 Å². The van der Waals surface area contributed by atoms with Gasteiger partial charge in [-0.25, -0.2) is 0 Å². The first-order valence-electron chi connectivity index (χ1n) is 5.14. The molecule has 1 atom stereocenters. The predicted octanol–water partition coefficient (Wildman–Crippen LogP) is 1.51. The Hall–Kier alpha value is -2.17. The summed E-state index contributed by atoms with van der Waals surface area (Å²) in [5.74, 6) is -2.39. The number of nitrogens with zero attached hydrogens (tertiary/aromatic N) is 1. The maximum atomic E-state index is 11.9. The molecule has 90 valence electrons. The Morgan fingerprint density at radius 2 is 2.06 bits per heavy atom. The van der Waals surface area contributed by atoms with Crippen molar-refractivity contribution in [2.75, 3.05) is 6.61 Å². The van der Waals surface area contributed by atoms with E-state index >= 15 is 0 Å². The standard InChI is InChI=1S/C12H13NO4/c1-2-17-12(15)10(8-13-16)11(14)9-6-4-3-5-7-9/h3-8,10,16H,2H2,1H3. The van der Waals surface area contributed by atoms with Gasteiger partial charge in [-0.15, -0.1) is 5.16 Å². The molecule has 0 saturated heterocycles. The van der Waals surface area contributed by atoms with Crippen LogP contribution in [0.2, 0.25) is 0 Å². The number of oxime groups is 1. The average Bonchev–Trinajstić information content (AvgIpc) is 2.36. The number of hydrogen-bond donors (Lipinski definition) is 1. The molecule has 0 spiro atoms. The second-order valence-electron chi connectivity index (χ2n) is 3.22. The summed E-state index contributed by atoms with van der Waals surface area (Å²) in [5, 5.41) is 11.2. The van der Waals surface area contributed by atoms with Crippen LogP contribution in [0.1, 0.15) is 17.3 Å². The Morgan fingerprint density at radius 3 is 2.59 bits per heavy atom. The smallest absolute Gasteiger partial charge is 0.322 e. The Bertz CT molecular complexity index is 414. The van der Waals surface area contributed by atoms with E-state index in [0.717, 1.165) is 6.21 Å². The van der Waals surface area contributed by atoms with Gasteiger partial charge in [0.05, 0.1) is 12.8 Å². The number of ketones is 1. The minimum absolute atomic E-state index is 0.163. The molecule has 5 heteroatoms. The lowest BCUT2D eigenvalue weighted by Crippen LogP contribution is -2.27. The fourth-order valence-electron chi connectivity index (χ4n) is 1.32. The molecule has 1 aromatic rings. The lowest BCUT2D eigenvalue weighted by atomic mass is 9.99. The van der Waals surface area contributed by atoms with Crippen molar-refractivity contribution in [2.24, 2.45) is 11.1 Å². The van der Waals surface area contributed by atoms with Gasteiger partial charge in [0.2, 0.25) is 0 Å². The predicted molar refractivity (Wildman–Crippen MR) is 61.2 cm³/mol. The molecule has 0 aliphatic heterocycles. The van der Waals surface area contributed by atoms with Crippen LogP contribution >= 0.6 is 0 Å². The molecule has 0 saturated carbocycles. The highest BCUT2D eigenvalue weighted by Crippen LogP contribution is 2.09. The van der Waals surface area contributed by atoms with E-state index in [1.165, 1.54) is 0 Å². The lowest BCUT2D eigenvalue weighted by molar-refractivity contribution is -0.144. The van der Waals surface area contributed by atoms with E-state index in [4.69, 9.17) is 9.94 Å². The third-order valence-corrected chi connectivity index (χ3v) is 2.10. The molecule has 0 fully saturated rings. The Labute approximate surface area is 98.7 Å². The average molecular weight is 235 g/mol. The summed E-state index contributed by atoms with van der Waals surface area (Å²) < 4.78 is 4.74. The number of benzene rings is 1. The summed E-state index contributed by atoms with van der Waals surface area (Å²) in [6.45, 7) is 1.80. The molecule has 0 amide bonds. The number of carbonyl (C=O) groups is 2. The highest BCUT2D eigenvalue weighted by molar-refractivity contribution is 6.18. The first-order valence-corrected chi connectivity index (χ1v) is 5.14. The monoisotopic (exact) mass is 235 g/mol. The van der Waals surface area contributed by atoms with Crippen LogP contribution in [0.4, 0.5) is 0 Å². The number of rotatable bonds is 5. The van der Waals surface area contributed by atoms with Crippen molar-refractivity contribution < 1.29 is 19.5 Å². The van der Waals surface area contributed by atoms with Gasteiger partial charge in [-0.05, 0) is 6.92 Å². The van der Waals surface area contributed by atoms with Crippen LogP contribution in [0.15, 0.2) is 35.5 Å². The number of ether oxygens (including phenoxy) is 1. The Balaban J connectivity index is 2.92. The zero-order valence-corrected chi connectivity index (χ0v) is 9.37. The quantitative estimate of drug-likeness (QED) is 0.209. The minimum Gasteiger partial charge on any atom is -0.465 e. The number of Topliss-reactive ketones (excluding diaryl/α,β-unsaturated/α-hetero) is 1. The molecule has 1 unspecified atom stereocenters. The van der Waals surface area contributed by atoms with E-state index in [9.17, 15) is 9.59 Å². The normalized spacial score (nSPS) is 12.3. The molecule has 5 nitrogen and oxygen atoms in total.